The molecule has 1 aromatic carbocycles. The first kappa shape index (κ1) is 19.4. The molecule has 3 aliphatic carbocycles. The van der Waals surface area contributed by atoms with E-state index in [1.807, 2.05) is 0 Å². The van der Waals surface area contributed by atoms with E-state index in [0.717, 1.165) is 17.0 Å². The minimum absolute atomic E-state index is 0. The molecule has 1 atom stereocenters. The minimum Gasteiger partial charge on any atom is -0.184 e. The Balaban J connectivity index is 0.00000169. The maximum atomic E-state index is 3.42. The second-order valence-corrected chi connectivity index (χ2v) is 11.0. The van der Waals surface area contributed by atoms with E-state index in [4.69, 9.17) is 0 Å². The first-order chi connectivity index (χ1) is 11.4. The summed E-state index contributed by atoms with van der Waals surface area (Å²) in [5, 5.41) is 0. The van der Waals surface area contributed by atoms with Crippen LogP contribution in [0.4, 0.5) is 0 Å². The summed E-state index contributed by atoms with van der Waals surface area (Å²) in [6.45, 7) is 0. The number of aryl methyl sites for hydroxylation is 1. The predicted octanol–water partition coefficient (Wildman–Crippen LogP) is 4.02. The van der Waals surface area contributed by atoms with Crippen molar-refractivity contribution >= 4 is 7.92 Å². The second-order valence-electron chi connectivity index (χ2n) is 8.06. The van der Waals surface area contributed by atoms with Crippen LogP contribution in [-0.2, 0) is 6.42 Å². The molecule has 126 valence electrons. The molecule has 0 nitrogen and oxygen atoms in total. The SMILES string of the molecule is [Na+].[c-]1ccc2c(c1)C(P(C1CCCCC1)C1CCCCC1)CCC2. The van der Waals surface area contributed by atoms with Crippen molar-refractivity contribution in [1.29, 1.82) is 0 Å². The topological polar surface area (TPSA) is 0 Å². The van der Waals surface area contributed by atoms with E-state index in [2.05, 4.69) is 24.3 Å². The van der Waals surface area contributed by atoms with Gasteiger partial charge in [0, 0.05) is 0 Å². The van der Waals surface area contributed by atoms with Crippen LogP contribution >= 0.6 is 7.92 Å². The Morgan fingerprint density at radius 1 is 0.792 bits per heavy atom. The third-order valence-corrected chi connectivity index (χ3v) is 10.6. The molecular weight excluding hydrogens is 318 g/mol. The molecule has 0 aliphatic heterocycles. The molecule has 4 rings (SSSR count). The number of rotatable bonds is 3. The molecule has 0 aromatic heterocycles. The standard InChI is InChI=1S/C22H32P.Na/c1-3-12-19(13-4-1)23(20-14-5-2-6-15-20)22-17-9-11-18-10-7-8-16-21(18)22;/h7,10,16,19-20,22H,1-6,9,11-15,17H2;/q-1;+1. The molecule has 24 heavy (non-hydrogen) atoms. The molecule has 0 saturated heterocycles. The van der Waals surface area contributed by atoms with E-state index in [0.29, 0.717) is 0 Å². The molecule has 2 heteroatoms. The molecule has 0 radical (unpaired) electrons. The Morgan fingerprint density at radius 2 is 1.42 bits per heavy atom. The fourth-order valence-corrected chi connectivity index (χ4v) is 10.1. The van der Waals surface area contributed by atoms with Crippen molar-refractivity contribution in [1.82, 2.24) is 0 Å². The van der Waals surface area contributed by atoms with Crippen LogP contribution in [-0.4, -0.2) is 11.3 Å². The van der Waals surface area contributed by atoms with Crippen LogP contribution in [0.15, 0.2) is 18.2 Å². The Kier molecular flexibility index (Phi) is 7.72. The Labute approximate surface area is 172 Å². The third-order valence-electron chi connectivity index (χ3n) is 6.63. The van der Waals surface area contributed by atoms with Gasteiger partial charge >= 0.3 is 29.6 Å². The van der Waals surface area contributed by atoms with Crippen molar-refractivity contribution in [3.63, 3.8) is 0 Å². The quantitative estimate of drug-likeness (QED) is 0.439. The van der Waals surface area contributed by atoms with Crippen LogP contribution in [0.2, 0.25) is 0 Å². The van der Waals surface area contributed by atoms with Gasteiger partial charge in [0.2, 0.25) is 0 Å². The van der Waals surface area contributed by atoms with Gasteiger partial charge in [-0.1, -0.05) is 57.8 Å². The average molecular weight is 350 g/mol. The van der Waals surface area contributed by atoms with Crippen LogP contribution in [0.1, 0.15) is 93.8 Å². The summed E-state index contributed by atoms with van der Waals surface area (Å²) in [5.41, 5.74) is 6.47. The van der Waals surface area contributed by atoms with E-state index in [-0.39, 0.29) is 37.5 Å². The molecule has 0 bridgehead atoms. The van der Waals surface area contributed by atoms with Gasteiger partial charge in [-0.05, 0) is 42.7 Å². The van der Waals surface area contributed by atoms with Gasteiger partial charge in [0.15, 0.2) is 0 Å². The summed E-state index contributed by atoms with van der Waals surface area (Å²) in [7, 11) is 0.178. The predicted molar refractivity (Wildman–Crippen MR) is 102 cm³/mol. The maximum Gasteiger partial charge on any atom is 1.00 e. The summed E-state index contributed by atoms with van der Waals surface area (Å²) >= 11 is 0. The molecule has 3 aliphatic rings. The number of fused-ring (bicyclic) bond motifs is 1. The van der Waals surface area contributed by atoms with Gasteiger partial charge in [0.25, 0.3) is 0 Å². The molecule has 0 amide bonds. The fourth-order valence-electron chi connectivity index (χ4n) is 5.53. The van der Waals surface area contributed by atoms with Gasteiger partial charge in [-0.15, -0.1) is 13.5 Å². The molecule has 1 aromatic rings. The zero-order chi connectivity index (χ0) is 15.5. The van der Waals surface area contributed by atoms with E-state index >= 15 is 0 Å². The molecule has 2 fully saturated rings. The Hall–Kier alpha value is 0.650. The Morgan fingerprint density at radius 3 is 2.04 bits per heavy atom. The van der Waals surface area contributed by atoms with Crippen molar-refractivity contribution in [3.8, 4) is 0 Å². The van der Waals surface area contributed by atoms with Crippen molar-refractivity contribution in [3.05, 3.63) is 35.4 Å². The number of hydrogen-bond acceptors (Lipinski definition) is 0. The van der Waals surface area contributed by atoms with Crippen LogP contribution in [0.3, 0.4) is 0 Å². The smallest absolute Gasteiger partial charge is 0.184 e. The molecule has 2 saturated carbocycles. The molecule has 0 N–H and O–H groups in total. The summed E-state index contributed by atoms with van der Waals surface area (Å²) in [6.07, 6.45) is 19.5. The van der Waals surface area contributed by atoms with Crippen LogP contribution in [0, 0.1) is 6.07 Å². The van der Waals surface area contributed by atoms with Gasteiger partial charge in [0.05, 0.1) is 0 Å². The van der Waals surface area contributed by atoms with Crippen molar-refractivity contribution in [2.45, 2.75) is 100 Å². The zero-order valence-electron chi connectivity index (χ0n) is 15.6. The Bertz CT molecular complexity index is 484. The van der Waals surface area contributed by atoms with Gasteiger partial charge in [-0.3, -0.25) is 0 Å². The summed E-state index contributed by atoms with van der Waals surface area (Å²) < 4.78 is 0. The molecule has 0 spiro atoms. The van der Waals surface area contributed by atoms with Crippen molar-refractivity contribution in [2.75, 3.05) is 0 Å². The van der Waals surface area contributed by atoms with E-state index in [9.17, 15) is 0 Å². The van der Waals surface area contributed by atoms with Crippen LogP contribution in [0.5, 0.6) is 0 Å². The van der Waals surface area contributed by atoms with Gasteiger partial charge in [-0.2, -0.15) is 29.8 Å². The molecule has 0 heterocycles. The average Bonchev–Trinajstić information content (AvgIpc) is 2.64. The third kappa shape index (κ3) is 4.31. The zero-order valence-corrected chi connectivity index (χ0v) is 18.5. The van der Waals surface area contributed by atoms with E-state index in [1.54, 1.807) is 36.8 Å². The van der Waals surface area contributed by atoms with Crippen LogP contribution < -0.4 is 29.6 Å². The molecule has 1 unspecified atom stereocenters. The van der Waals surface area contributed by atoms with Gasteiger partial charge < -0.3 is 0 Å². The summed E-state index contributed by atoms with van der Waals surface area (Å²) in [5.74, 6) is 0. The van der Waals surface area contributed by atoms with E-state index < -0.39 is 0 Å². The molecular formula is C22H32NaP. The monoisotopic (exact) mass is 350 g/mol. The number of benzene rings is 1. The van der Waals surface area contributed by atoms with Gasteiger partial charge in [0.1, 0.15) is 0 Å². The fraction of sp³-hybridized carbons (Fsp3) is 0.727. The largest absolute Gasteiger partial charge is 1.00 e. The normalized spacial score (nSPS) is 26.0. The van der Waals surface area contributed by atoms with Crippen molar-refractivity contribution in [2.24, 2.45) is 0 Å². The first-order valence-electron chi connectivity index (χ1n) is 10.2. The first-order valence-corrected chi connectivity index (χ1v) is 11.7. The van der Waals surface area contributed by atoms with Crippen molar-refractivity contribution < 1.29 is 29.6 Å². The van der Waals surface area contributed by atoms with E-state index in [1.165, 1.54) is 57.8 Å². The van der Waals surface area contributed by atoms with Crippen LogP contribution in [0.25, 0.3) is 0 Å². The second kappa shape index (κ2) is 9.55. The van der Waals surface area contributed by atoms with Gasteiger partial charge in [-0.25, -0.2) is 0 Å². The maximum absolute atomic E-state index is 3.42. The number of hydrogen-bond donors (Lipinski definition) is 0. The minimum atomic E-state index is 0. The summed E-state index contributed by atoms with van der Waals surface area (Å²) in [6, 6.07) is 10.3. The summed E-state index contributed by atoms with van der Waals surface area (Å²) in [4.78, 5) is 0.